The van der Waals surface area contributed by atoms with Crippen LogP contribution in [0.2, 0.25) is 0 Å². The second-order valence-corrected chi connectivity index (χ2v) is 29.6. The van der Waals surface area contributed by atoms with Gasteiger partial charge in [-0.2, -0.15) is 0 Å². The smallest absolute Gasteiger partial charge is 0.462 e. The lowest BCUT2D eigenvalue weighted by molar-refractivity contribution is -0.161. The Morgan fingerprint density at radius 1 is 0.290 bits per heavy atom. The fourth-order valence-electron chi connectivity index (χ4n) is 10.7. The van der Waals surface area contributed by atoms with Crippen molar-refractivity contribution in [2.75, 3.05) is 39.6 Å². The number of phosphoric ester groups is 2. The highest BCUT2D eigenvalue weighted by Gasteiger charge is 2.30. The molecule has 0 heterocycles. The lowest BCUT2D eigenvalue weighted by atomic mass is 10.0. The minimum absolute atomic E-state index is 0.0216. The van der Waals surface area contributed by atoms with Gasteiger partial charge >= 0.3 is 39.5 Å². The van der Waals surface area contributed by atoms with E-state index >= 15 is 0 Å². The summed E-state index contributed by atoms with van der Waals surface area (Å²) in [6.07, 6.45) is 75.7. The molecule has 0 rings (SSSR count). The van der Waals surface area contributed by atoms with Gasteiger partial charge in [-0.25, -0.2) is 9.13 Å². The SMILES string of the molecule is CCCCC/C=C\C/C=C\C/C=C\C/C=C\CCCC(=O)O[C@H](COC(=O)CCCCCCCCCCCCCCC)COP(=O)(O)OC[C@@H](O)COP(=O)(O)OC[C@@H](COC(=O)CCCCCCC/C=C\CCCCCCCC)OC(=O)CCCCCCC/C=C\C=C/CCCCCC. The molecular weight excluding hydrogens is 1310 g/mol. The molecule has 0 spiro atoms. The Balaban J connectivity index is 5.40. The van der Waals surface area contributed by atoms with Crippen molar-refractivity contribution in [2.24, 2.45) is 0 Å². The highest BCUT2D eigenvalue weighted by molar-refractivity contribution is 7.47. The summed E-state index contributed by atoms with van der Waals surface area (Å²) in [5.74, 6) is -2.24. The Morgan fingerprint density at radius 2 is 0.530 bits per heavy atom. The average molecular weight is 1450 g/mol. The Labute approximate surface area is 608 Å². The van der Waals surface area contributed by atoms with Crippen LogP contribution in [-0.4, -0.2) is 96.7 Å². The fraction of sp³-hybridized carbons (Fsp3) is 0.778. The molecule has 0 saturated carbocycles. The molecule has 17 nitrogen and oxygen atoms in total. The van der Waals surface area contributed by atoms with Crippen molar-refractivity contribution in [3.63, 3.8) is 0 Å². The minimum Gasteiger partial charge on any atom is -0.462 e. The number of carbonyl (C=O) groups is 4. The maximum atomic E-state index is 13.1. The molecule has 0 aliphatic rings. The zero-order valence-electron chi connectivity index (χ0n) is 63.4. The van der Waals surface area contributed by atoms with Gasteiger partial charge in [-0.15, -0.1) is 0 Å². The highest BCUT2D eigenvalue weighted by atomic mass is 31.2. The molecule has 2 unspecified atom stereocenters. The van der Waals surface area contributed by atoms with Crippen molar-refractivity contribution in [1.82, 2.24) is 0 Å². The third kappa shape index (κ3) is 72.6. The van der Waals surface area contributed by atoms with E-state index in [9.17, 15) is 43.2 Å². The summed E-state index contributed by atoms with van der Waals surface area (Å²) < 4.78 is 68.5. The number of unbranched alkanes of at least 4 members (excludes halogenated alkanes) is 36. The second kappa shape index (κ2) is 73.5. The Kier molecular flexibility index (Phi) is 70.8. The maximum Gasteiger partial charge on any atom is 0.472 e. The predicted molar refractivity (Wildman–Crippen MR) is 409 cm³/mol. The summed E-state index contributed by atoms with van der Waals surface area (Å²) in [6, 6.07) is 0. The van der Waals surface area contributed by atoms with Crippen LogP contribution >= 0.6 is 15.6 Å². The lowest BCUT2D eigenvalue weighted by Crippen LogP contribution is -2.30. The number of hydrogen-bond donors (Lipinski definition) is 3. The van der Waals surface area contributed by atoms with Gasteiger partial charge < -0.3 is 33.8 Å². The van der Waals surface area contributed by atoms with E-state index in [-0.39, 0.29) is 25.7 Å². The first kappa shape index (κ1) is 96.2. The van der Waals surface area contributed by atoms with Crippen LogP contribution in [0.1, 0.15) is 349 Å². The summed E-state index contributed by atoms with van der Waals surface area (Å²) in [6.45, 7) is 4.78. The largest absolute Gasteiger partial charge is 0.472 e. The summed E-state index contributed by atoms with van der Waals surface area (Å²) in [5, 5.41) is 10.6. The van der Waals surface area contributed by atoms with Gasteiger partial charge in [-0.1, -0.05) is 293 Å². The summed E-state index contributed by atoms with van der Waals surface area (Å²) in [5.41, 5.74) is 0. The molecule has 5 atom stereocenters. The number of allylic oxidation sites excluding steroid dienone is 14. The number of ether oxygens (including phenoxy) is 4. The molecule has 0 aromatic heterocycles. The minimum atomic E-state index is -4.99. The number of aliphatic hydroxyl groups excluding tert-OH is 1. The zero-order valence-corrected chi connectivity index (χ0v) is 65.2. The van der Waals surface area contributed by atoms with Crippen molar-refractivity contribution in [3.8, 4) is 0 Å². The van der Waals surface area contributed by atoms with Crippen molar-refractivity contribution in [3.05, 3.63) is 85.1 Å². The van der Waals surface area contributed by atoms with Crippen LogP contribution in [-0.2, 0) is 65.4 Å². The molecule has 100 heavy (non-hydrogen) atoms. The van der Waals surface area contributed by atoms with Crippen LogP contribution in [0.15, 0.2) is 85.1 Å². The summed E-state index contributed by atoms with van der Waals surface area (Å²) in [4.78, 5) is 72.9. The van der Waals surface area contributed by atoms with Crippen LogP contribution in [0.5, 0.6) is 0 Å². The third-order valence-corrected chi connectivity index (χ3v) is 18.8. The van der Waals surface area contributed by atoms with Crippen LogP contribution in [0, 0.1) is 0 Å². The third-order valence-electron chi connectivity index (χ3n) is 16.9. The van der Waals surface area contributed by atoms with E-state index in [2.05, 4.69) is 101 Å². The highest BCUT2D eigenvalue weighted by Crippen LogP contribution is 2.45. The van der Waals surface area contributed by atoms with Crippen LogP contribution < -0.4 is 0 Å². The fourth-order valence-corrected chi connectivity index (χ4v) is 12.3. The molecule has 0 aromatic rings. The van der Waals surface area contributed by atoms with E-state index in [1.807, 2.05) is 12.2 Å². The van der Waals surface area contributed by atoms with Crippen molar-refractivity contribution >= 4 is 39.5 Å². The van der Waals surface area contributed by atoms with E-state index in [1.54, 1.807) is 0 Å². The molecule has 0 saturated heterocycles. The van der Waals surface area contributed by atoms with Gasteiger partial charge in [-0.05, 0) is 116 Å². The van der Waals surface area contributed by atoms with Crippen molar-refractivity contribution in [2.45, 2.75) is 367 Å². The Bertz CT molecular complexity index is 2230. The van der Waals surface area contributed by atoms with Gasteiger partial charge in [0, 0.05) is 25.7 Å². The number of aliphatic hydroxyl groups is 1. The number of phosphoric acid groups is 2. The van der Waals surface area contributed by atoms with Crippen LogP contribution in [0.25, 0.3) is 0 Å². The molecule has 0 fully saturated rings. The van der Waals surface area contributed by atoms with Crippen molar-refractivity contribution in [1.29, 1.82) is 0 Å². The molecule has 0 radical (unpaired) electrons. The van der Waals surface area contributed by atoms with E-state index in [0.717, 1.165) is 122 Å². The normalized spacial score (nSPS) is 14.3. The molecule has 0 aliphatic carbocycles. The lowest BCUT2D eigenvalue weighted by Gasteiger charge is -2.21. The van der Waals surface area contributed by atoms with E-state index in [1.165, 1.54) is 141 Å². The van der Waals surface area contributed by atoms with E-state index in [4.69, 9.17) is 37.0 Å². The molecule has 0 aliphatic heterocycles. The number of rotatable bonds is 75. The molecule has 0 aromatic carbocycles. The first-order valence-electron chi connectivity index (χ1n) is 39.8. The quantitative estimate of drug-likeness (QED) is 0.0128. The zero-order chi connectivity index (χ0) is 73.2. The summed E-state index contributed by atoms with van der Waals surface area (Å²) in [7, 11) is -9.97. The molecule has 19 heteroatoms. The monoisotopic (exact) mass is 1450 g/mol. The van der Waals surface area contributed by atoms with Gasteiger partial charge in [0.25, 0.3) is 0 Å². The van der Waals surface area contributed by atoms with E-state index in [0.29, 0.717) is 32.1 Å². The molecule has 580 valence electrons. The number of carbonyl (C=O) groups excluding carboxylic acids is 4. The van der Waals surface area contributed by atoms with Crippen LogP contribution in [0.4, 0.5) is 0 Å². The van der Waals surface area contributed by atoms with Gasteiger partial charge in [-0.3, -0.25) is 37.3 Å². The van der Waals surface area contributed by atoms with Crippen molar-refractivity contribution < 1.29 is 80.2 Å². The van der Waals surface area contributed by atoms with Gasteiger partial charge in [0.05, 0.1) is 26.4 Å². The predicted octanol–water partition coefficient (Wildman–Crippen LogP) is 23.0. The standard InChI is InChI=1S/C81H144O17P2/c1-5-9-13-17-21-25-29-33-36-37-40-44-48-52-56-60-64-68-81(86)98-76(71-91-78(83)65-61-57-53-49-45-41-32-28-24-20-16-12-8-4)73-95-99(87,88)93-69-75(82)70-94-100(89,90)96-74-77(97-80(85)67-63-59-55-51-47-43-39-35-31-27-23-19-15-11-7-3)72-92-79(84)66-62-58-54-50-46-42-38-34-30-26-22-18-14-10-6-2/h21,25,27,31,33-36,38-40,44,52,56,75-77,82H,5-20,22-24,26,28-30,32,37,41-43,45-51,53-55,57-74H2,1-4H3,(H,87,88)(H,89,90)/b25-21-,31-27-,36-33-,38-34-,39-35-,44-40-,56-52-/t75-,76-,77-/m1/s1. The first-order valence-corrected chi connectivity index (χ1v) is 42.8. The number of hydrogen-bond acceptors (Lipinski definition) is 15. The molecular formula is C81H144O17P2. The first-order chi connectivity index (χ1) is 48.7. The van der Waals surface area contributed by atoms with Crippen LogP contribution in [0.3, 0.4) is 0 Å². The second-order valence-electron chi connectivity index (χ2n) is 26.7. The molecule has 0 bridgehead atoms. The van der Waals surface area contributed by atoms with E-state index < -0.39 is 97.5 Å². The maximum absolute atomic E-state index is 13.1. The van der Waals surface area contributed by atoms with Gasteiger partial charge in [0.2, 0.25) is 0 Å². The average Bonchev–Trinajstić information content (AvgIpc) is 1.13. The number of esters is 4. The summed E-state index contributed by atoms with van der Waals surface area (Å²) >= 11 is 0. The van der Waals surface area contributed by atoms with Gasteiger partial charge in [0.1, 0.15) is 19.3 Å². The Morgan fingerprint density at radius 3 is 0.890 bits per heavy atom. The molecule has 3 N–H and O–H groups in total. The topological polar surface area (TPSA) is 237 Å². The van der Waals surface area contributed by atoms with Gasteiger partial charge in [0.15, 0.2) is 12.2 Å². The molecule has 0 amide bonds. The Hall–Kier alpha value is -3.76.